The minimum absolute atomic E-state index is 0.0200. The molecule has 0 bridgehead atoms. The van der Waals surface area contributed by atoms with Gasteiger partial charge in [-0.3, -0.25) is 9.78 Å². The predicted octanol–water partition coefficient (Wildman–Crippen LogP) is 4.50. The summed E-state index contributed by atoms with van der Waals surface area (Å²) in [6.45, 7) is 0.547. The first-order valence-electron chi connectivity index (χ1n) is 10.6. The zero-order chi connectivity index (χ0) is 20.6. The van der Waals surface area contributed by atoms with E-state index in [0.717, 1.165) is 41.8 Å². The van der Waals surface area contributed by atoms with E-state index in [1.165, 1.54) is 11.3 Å². The van der Waals surface area contributed by atoms with Crippen molar-refractivity contribution in [3.05, 3.63) is 71.5 Å². The monoisotopic (exact) mass is 419 g/mol. The third-order valence-electron chi connectivity index (χ3n) is 6.64. The van der Waals surface area contributed by atoms with Crippen molar-refractivity contribution >= 4 is 17.2 Å². The molecule has 1 N–H and O–H groups in total. The van der Waals surface area contributed by atoms with E-state index in [1.807, 2.05) is 52.7 Å². The fourth-order valence-electron chi connectivity index (χ4n) is 5.16. The highest BCUT2D eigenvalue weighted by Gasteiger charge is 2.50. The van der Waals surface area contributed by atoms with Gasteiger partial charge in [0, 0.05) is 41.8 Å². The van der Waals surface area contributed by atoms with Gasteiger partial charge in [-0.05, 0) is 37.0 Å². The molecule has 2 fully saturated rings. The number of carbonyl (C=O) groups excluding carboxylic acids is 1. The van der Waals surface area contributed by atoms with Crippen molar-refractivity contribution < 1.29 is 9.90 Å². The molecule has 0 radical (unpaired) electrons. The maximum Gasteiger partial charge on any atom is 0.273 e. The van der Waals surface area contributed by atoms with E-state index in [4.69, 9.17) is 0 Å². The number of aromatic nitrogens is 2. The number of fused-ring (bicyclic) bond motifs is 1. The number of benzene rings is 1. The molecular weight excluding hydrogens is 394 g/mol. The molecule has 154 valence electrons. The Labute approximate surface area is 180 Å². The summed E-state index contributed by atoms with van der Waals surface area (Å²) in [5, 5.41) is 14.4. The molecule has 6 heteroatoms. The van der Waals surface area contributed by atoms with Crippen molar-refractivity contribution in [2.75, 3.05) is 6.54 Å². The molecule has 1 saturated carbocycles. The molecule has 5 rings (SSSR count). The highest BCUT2D eigenvalue weighted by Crippen LogP contribution is 2.47. The third kappa shape index (κ3) is 3.34. The van der Waals surface area contributed by atoms with Crippen LogP contribution in [-0.4, -0.2) is 38.5 Å². The zero-order valence-corrected chi connectivity index (χ0v) is 17.6. The second-order valence-corrected chi connectivity index (χ2v) is 9.13. The molecule has 1 amide bonds. The van der Waals surface area contributed by atoms with Gasteiger partial charge in [0.05, 0.1) is 5.60 Å². The SMILES string of the molecule is O=C(c1csc(-c2cccnc2)n1)N1CC[C@@](O)(c2ccccc2)[C@@H]2CCCCC21. The van der Waals surface area contributed by atoms with Crippen LogP contribution in [0, 0.1) is 5.92 Å². The quantitative estimate of drug-likeness (QED) is 0.679. The van der Waals surface area contributed by atoms with Crippen LogP contribution in [0.5, 0.6) is 0 Å². The van der Waals surface area contributed by atoms with Gasteiger partial charge in [0.15, 0.2) is 0 Å². The van der Waals surface area contributed by atoms with Gasteiger partial charge in [-0.15, -0.1) is 11.3 Å². The van der Waals surface area contributed by atoms with Gasteiger partial charge in [0.25, 0.3) is 5.91 Å². The van der Waals surface area contributed by atoms with E-state index in [-0.39, 0.29) is 17.9 Å². The van der Waals surface area contributed by atoms with E-state index in [1.54, 1.807) is 12.4 Å². The van der Waals surface area contributed by atoms with Gasteiger partial charge < -0.3 is 10.0 Å². The van der Waals surface area contributed by atoms with Crippen LogP contribution in [0.25, 0.3) is 10.6 Å². The molecule has 3 aromatic rings. The molecule has 1 saturated heterocycles. The van der Waals surface area contributed by atoms with Crippen LogP contribution < -0.4 is 0 Å². The van der Waals surface area contributed by atoms with Crippen LogP contribution in [0.4, 0.5) is 0 Å². The van der Waals surface area contributed by atoms with Crippen molar-refractivity contribution in [3.63, 3.8) is 0 Å². The van der Waals surface area contributed by atoms with E-state index < -0.39 is 5.60 Å². The number of carbonyl (C=O) groups is 1. The second-order valence-electron chi connectivity index (χ2n) is 8.28. The van der Waals surface area contributed by atoms with Crippen LogP contribution in [0.1, 0.15) is 48.2 Å². The lowest BCUT2D eigenvalue weighted by Crippen LogP contribution is -2.59. The van der Waals surface area contributed by atoms with E-state index in [9.17, 15) is 9.90 Å². The molecule has 1 unspecified atom stereocenters. The standard InChI is InChI=1S/C24H25N3O2S/c28-23(20-16-30-22(26-20)17-7-6-13-25-15-17)27-14-12-24(29,18-8-2-1-3-9-18)19-10-4-5-11-21(19)27/h1-3,6-9,13,15-16,19,21,29H,4-5,10-12,14H2/t19-,21?,24-/m1/s1. The molecule has 30 heavy (non-hydrogen) atoms. The van der Waals surface area contributed by atoms with Crippen LogP contribution >= 0.6 is 11.3 Å². The number of likely N-dealkylation sites (tertiary alicyclic amines) is 1. The molecule has 1 aromatic carbocycles. The minimum Gasteiger partial charge on any atom is -0.385 e. The van der Waals surface area contributed by atoms with Gasteiger partial charge in [-0.2, -0.15) is 0 Å². The number of thiazole rings is 1. The van der Waals surface area contributed by atoms with Gasteiger partial charge in [0.2, 0.25) is 0 Å². The molecule has 1 aliphatic heterocycles. The van der Waals surface area contributed by atoms with Gasteiger partial charge in [0.1, 0.15) is 10.7 Å². The molecule has 1 aliphatic carbocycles. The topological polar surface area (TPSA) is 66.3 Å². The Morgan fingerprint density at radius 1 is 1.13 bits per heavy atom. The fourth-order valence-corrected chi connectivity index (χ4v) is 5.95. The zero-order valence-electron chi connectivity index (χ0n) is 16.8. The van der Waals surface area contributed by atoms with Crippen molar-refractivity contribution in [2.45, 2.75) is 43.7 Å². The summed E-state index contributed by atoms with van der Waals surface area (Å²) in [7, 11) is 0. The molecule has 2 aliphatic rings. The van der Waals surface area contributed by atoms with Crippen LogP contribution in [0.15, 0.2) is 60.2 Å². The summed E-state index contributed by atoms with van der Waals surface area (Å²) in [5.74, 6) is 0.0381. The Hall–Kier alpha value is -2.57. The predicted molar refractivity (Wildman–Crippen MR) is 117 cm³/mol. The first-order chi connectivity index (χ1) is 14.7. The molecule has 2 aromatic heterocycles. The van der Waals surface area contributed by atoms with E-state index >= 15 is 0 Å². The van der Waals surface area contributed by atoms with Gasteiger partial charge in [-0.25, -0.2) is 4.98 Å². The summed E-state index contributed by atoms with van der Waals surface area (Å²) in [6.07, 6.45) is 8.12. The number of pyridine rings is 1. The Morgan fingerprint density at radius 3 is 2.77 bits per heavy atom. The number of aliphatic hydroxyl groups is 1. The highest BCUT2D eigenvalue weighted by molar-refractivity contribution is 7.13. The highest BCUT2D eigenvalue weighted by atomic mass is 32.1. The molecule has 0 spiro atoms. The number of rotatable bonds is 3. The Bertz CT molecular complexity index is 1020. The average Bonchev–Trinajstić information content (AvgIpc) is 3.31. The summed E-state index contributed by atoms with van der Waals surface area (Å²) in [6, 6.07) is 13.9. The Balaban J connectivity index is 1.42. The number of amides is 1. The van der Waals surface area contributed by atoms with Crippen LogP contribution in [0.3, 0.4) is 0 Å². The third-order valence-corrected chi connectivity index (χ3v) is 7.53. The largest absolute Gasteiger partial charge is 0.385 e. The molecule has 5 nitrogen and oxygen atoms in total. The molecule has 3 atom stereocenters. The van der Waals surface area contributed by atoms with Gasteiger partial charge in [-0.1, -0.05) is 43.2 Å². The Kier molecular flexibility index (Phi) is 5.13. The summed E-state index contributed by atoms with van der Waals surface area (Å²) in [5.41, 5.74) is 1.52. The lowest BCUT2D eigenvalue weighted by Gasteiger charge is -2.52. The lowest BCUT2D eigenvalue weighted by atomic mass is 9.66. The number of nitrogens with zero attached hydrogens (tertiary/aromatic N) is 3. The van der Waals surface area contributed by atoms with Crippen molar-refractivity contribution in [1.29, 1.82) is 0 Å². The van der Waals surface area contributed by atoms with Crippen molar-refractivity contribution in [3.8, 4) is 10.6 Å². The number of piperidine rings is 1. The first-order valence-corrected chi connectivity index (χ1v) is 11.5. The lowest BCUT2D eigenvalue weighted by molar-refractivity contribution is -0.110. The number of hydrogen-bond acceptors (Lipinski definition) is 5. The summed E-state index contributed by atoms with van der Waals surface area (Å²) >= 11 is 1.47. The van der Waals surface area contributed by atoms with E-state index in [2.05, 4.69) is 9.97 Å². The maximum atomic E-state index is 13.4. The Morgan fingerprint density at radius 2 is 1.97 bits per heavy atom. The molecule has 3 heterocycles. The normalized spacial score (nSPS) is 26.2. The van der Waals surface area contributed by atoms with Crippen molar-refractivity contribution in [1.82, 2.24) is 14.9 Å². The fraction of sp³-hybridized carbons (Fsp3) is 0.375. The van der Waals surface area contributed by atoms with Crippen LogP contribution in [0.2, 0.25) is 0 Å². The average molecular weight is 420 g/mol. The minimum atomic E-state index is -0.869. The second kappa shape index (κ2) is 7.93. The molecular formula is C24H25N3O2S. The summed E-state index contributed by atoms with van der Waals surface area (Å²) < 4.78 is 0. The van der Waals surface area contributed by atoms with Crippen LogP contribution in [-0.2, 0) is 5.60 Å². The van der Waals surface area contributed by atoms with E-state index in [0.29, 0.717) is 18.7 Å². The van der Waals surface area contributed by atoms with Crippen molar-refractivity contribution in [2.24, 2.45) is 5.92 Å². The first kappa shape index (κ1) is 19.4. The smallest absolute Gasteiger partial charge is 0.273 e. The summed E-state index contributed by atoms with van der Waals surface area (Å²) in [4.78, 5) is 24.2. The van der Waals surface area contributed by atoms with Gasteiger partial charge >= 0.3 is 0 Å². The number of hydrogen-bond donors (Lipinski definition) is 1. The maximum absolute atomic E-state index is 13.4.